The minimum atomic E-state index is -5.07. The normalized spacial score (nSPS) is 18.9. The lowest BCUT2D eigenvalue weighted by atomic mass is 9.81. The van der Waals surface area contributed by atoms with Crippen molar-refractivity contribution in [2.75, 3.05) is 36.5 Å². The lowest BCUT2D eigenvalue weighted by Gasteiger charge is -2.32. The fourth-order valence-electron chi connectivity index (χ4n) is 6.40. The van der Waals surface area contributed by atoms with Crippen LogP contribution in [0.1, 0.15) is 56.2 Å². The lowest BCUT2D eigenvalue weighted by molar-refractivity contribution is -0.143. The van der Waals surface area contributed by atoms with Gasteiger partial charge in [-0.15, -0.1) is 0 Å². The predicted molar refractivity (Wildman–Crippen MR) is 169 cm³/mol. The summed E-state index contributed by atoms with van der Waals surface area (Å²) in [4.78, 5) is 35.0. The summed E-state index contributed by atoms with van der Waals surface area (Å²) in [6.45, 7) is 4.71. The molecule has 6 nitrogen and oxygen atoms in total. The summed E-state index contributed by atoms with van der Waals surface area (Å²) in [5.41, 5.74) is -3.97. The molecule has 252 valence electrons. The smallest absolute Gasteiger partial charge is 0.353 e. The van der Waals surface area contributed by atoms with Crippen LogP contribution in [0.4, 0.5) is 37.8 Å². The molecule has 0 saturated carbocycles. The van der Waals surface area contributed by atoms with E-state index in [1.807, 2.05) is 0 Å². The number of Topliss-reactive ketones (excluding diaryl/α,β-unsaturated/α-hetero) is 1. The Morgan fingerprint density at radius 2 is 1.60 bits per heavy atom. The summed E-state index contributed by atoms with van der Waals surface area (Å²) in [6, 6.07) is 9.79. The van der Waals surface area contributed by atoms with Gasteiger partial charge in [0.1, 0.15) is 11.6 Å². The molecule has 2 aromatic carbocycles. The predicted octanol–water partition coefficient (Wildman–Crippen LogP) is 7.92. The standard InChI is InChI=1S/C34H35ClF6N4O2/c1-32(2,21-13-22(33(36,37)38)15-23(14-21)34(39,40)41)31(47)44(3)28-19-43-30(17-26(28)25-8-4-5-9-27(25)35)45-12-6-7-24(45)16-29(46)20-10-11-42-18-20/h4-5,8-9,13-15,17,19-20,24,42H,6-7,10-12,16,18H2,1-3H3/t20?,24-/m0/s1. The third kappa shape index (κ3) is 7.28. The monoisotopic (exact) mass is 680 g/mol. The van der Waals surface area contributed by atoms with Gasteiger partial charge in [-0.05, 0) is 75.5 Å². The SMILES string of the molecule is CN(C(=O)C(C)(C)c1cc(C(F)(F)F)cc(C(F)(F)F)c1)c1cnc(N2CCC[C@H]2CC(=O)C2CCNC2)cc1-c1ccccc1Cl. The van der Waals surface area contributed by atoms with Crippen molar-refractivity contribution in [1.29, 1.82) is 0 Å². The molecule has 1 unspecified atom stereocenters. The number of alkyl halides is 6. The van der Waals surface area contributed by atoms with E-state index in [1.54, 1.807) is 30.3 Å². The molecule has 3 aromatic rings. The Kier molecular flexibility index (Phi) is 9.67. The molecule has 0 aliphatic carbocycles. The first-order chi connectivity index (χ1) is 22.0. The molecule has 2 atom stereocenters. The number of ketones is 1. The molecule has 0 bridgehead atoms. The van der Waals surface area contributed by atoms with Gasteiger partial charge < -0.3 is 15.1 Å². The highest BCUT2D eigenvalue weighted by Gasteiger charge is 2.41. The molecule has 2 aliphatic heterocycles. The molecular weight excluding hydrogens is 646 g/mol. The second-order valence-corrected chi connectivity index (χ2v) is 13.1. The fourth-order valence-corrected chi connectivity index (χ4v) is 6.64. The van der Waals surface area contributed by atoms with Gasteiger partial charge in [0.25, 0.3) is 0 Å². The van der Waals surface area contributed by atoms with Crippen molar-refractivity contribution in [2.45, 2.75) is 63.3 Å². The average Bonchev–Trinajstić information content (AvgIpc) is 3.72. The average molecular weight is 681 g/mol. The zero-order valence-electron chi connectivity index (χ0n) is 26.1. The van der Waals surface area contributed by atoms with Gasteiger partial charge in [-0.3, -0.25) is 9.59 Å². The highest BCUT2D eigenvalue weighted by molar-refractivity contribution is 6.33. The van der Waals surface area contributed by atoms with Gasteiger partial charge in [0.2, 0.25) is 5.91 Å². The van der Waals surface area contributed by atoms with Crippen molar-refractivity contribution in [3.63, 3.8) is 0 Å². The van der Waals surface area contributed by atoms with Crippen molar-refractivity contribution in [3.05, 3.63) is 76.4 Å². The van der Waals surface area contributed by atoms with Crippen LogP contribution in [0.2, 0.25) is 5.02 Å². The molecule has 5 rings (SSSR count). The van der Waals surface area contributed by atoms with E-state index in [2.05, 4.69) is 15.2 Å². The Labute approximate surface area is 274 Å². The Morgan fingerprint density at radius 1 is 0.957 bits per heavy atom. The van der Waals surface area contributed by atoms with Crippen LogP contribution in [-0.4, -0.2) is 49.4 Å². The van der Waals surface area contributed by atoms with Gasteiger partial charge in [-0.25, -0.2) is 4.98 Å². The molecule has 1 N–H and O–H groups in total. The largest absolute Gasteiger partial charge is 0.416 e. The van der Waals surface area contributed by atoms with Crippen LogP contribution in [-0.2, 0) is 27.4 Å². The molecular formula is C34H35ClF6N4O2. The number of nitrogens with zero attached hydrogens (tertiary/aromatic N) is 3. The fraction of sp³-hybridized carbons (Fsp3) is 0.441. The number of amides is 1. The number of benzene rings is 2. The number of likely N-dealkylation sites (N-methyl/N-ethyl adjacent to an activating group) is 1. The molecule has 2 saturated heterocycles. The number of rotatable bonds is 8. The van der Waals surface area contributed by atoms with E-state index in [0.29, 0.717) is 53.6 Å². The quantitative estimate of drug-likeness (QED) is 0.245. The number of carbonyl (C=O) groups excluding carboxylic acids is 2. The topological polar surface area (TPSA) is 65.5 Å². The van der Waals surface area contributed by atoms with E-state index in [4.69, 9.17) is 11.6 Å². The molecule has 1 amide bonds. The molecule has 0 radical (unpaired) electrons. The van der Waals surface area contributed by atoms with Crippen molar-refractivity contribution >= 4 is 34.8 Å². The van der Waals surface area contributed by atoms with Crippen LogP contribution >= 0.6 is 11.6 Å². The van der Waals surface area contributed by atoms with Crippen LogP contribution in [0.5, 0.6) is 0 Å². The number of anilines is 2. The van der Waals surface area contributed by atoms with Gasteiger partial charge in [0.15, 0.2) is 0 Å². The van der Waals surface area contributed by atoms with Crippen molar-refractivity contribution in [3.8, 4) is 11.1 Å². The van der Waals surface area contributed by atoms with Gasteiger partial charge in [-0.1, -0.05) is 29.8 Å². The lowest BCUT2D eigenvalue weighted by Crippen LogP contribution is -2.42. The second-order valence-electron chi connectivity index (χ2n) is 12.7. The molecule has 0 spiro atoms. The third-order valence-electron chi connectivity index (χ3n) is 9.17. The van der Waals surface area contributed by atoms with Gasteiger partial charge >= 0.3 is 12.4 Å². The Bertz CT molecular complexity index is 1620. The van der Waals surface area contributed by atoms with Crippen LogP contribution in [0, 0.1) is 5.92 Å². The molecule has 2 aliphatic rings. The first-order valence-corrected chi connectivity index (χ1v) is 15.7. The maximum absolute atomic E-state index is 14.0. The van der Waals surface area contributed by atoms with Crippen LogP contribution in [0.15, 0.2) is 54.7 Å². The summed E-state index contributed by atoms with van der Waals surface area (Å²) in [5, 5.41) is 3.59. The minimum absolute atomic E-state index is 0.0153. The van der Waals surface area contributed by atoms with Crippen LogP contribution < -0.4 is 15.1 Å². The number of hydrogen-bond acceptors (Lipinski definition) is 5. The summed E-state index contributed by atoms with van der Waals surface area (Å²) < 4.78 is 82.0. The van der Waals surface area contributed by atoms with Crippen LogP contribution in [0.25, 0.3) is 11.1 Å². The number of carbonyl (C=O) groups is 2. The maximum atomic E-state index is 14.0. The molecule has 2 fully saturated rings. The Hall–Kier alpha value is -3.64. The highest BCUT2D eigenvalue weighted by atomic mass is 35.5. The molecule has 13 heteroatoms. The van der Waals surface area contributed by atoms with E-state index < -0.39 is 40.4 Å². The maximum Gasteiger partial charge on any atom is 0.416 e. The Morgan fingerprint density at radius 3 is 2.19 bits per heavy atom. The third-order valence-corrected chi connectivity index (χ3v) is 9.50. The summed E-state index contributed by atoms with van der Waals surface area (Å²) in [6.07, 6.45) is -5.83. The van der Waals surface area contributed by atoms with E-state index in [-0.39, 0.29) is 29.5 Å². The van der Waals surface area contributed by atoms with E-state index in [0.717, 1.165) is 25.8 Å². The Balaban J connectivity index is 1.53. The van der Waals surface area contributed by atoms with Gasteiger partial charge in [0, 0.05) is 54.7 Å². The van der Waals surface area contributed by atoms with E-state index >= 15 is 0 Å². The van der Waals surface area contributed by atoms with Crippen molar-refractivity contribution < 1.29 is 35.9 Å². The van der Waals surface area contributed by atoms with Gasteiger partial charge in [-0.2, -0.15) is 26.3 Å². The number of aromatic nitrogens is 1. The molecule has 1 aromatic heterocycles. The number of pyridine rings is 1. The second kappa shape index (κ2) is 13.1. The van der Waals surface area contributed by atoms with Crippen molar-refractivity contribution in [2.24, 2.45) is 5.92 Å². The molecule has 47 heavy (non-hydrogen) atoms. The minimum Gasteiger partial charge on any atom is -0.353 e. The highest BCUT2D eigenvalue weighted by Crippen LogP contribution is 2.42. The van der Waals surface area contributed by atoms with E-state index in [9.17, 15) is 35.9 Å². The van der Waals surface area contributed by atoms with Crippen molar-refractivity contribution in [1.82, 2.24) is 10.3 Å². The summed E-state index contributed by atoms with van der Waals surface area (Å²) in [7, 11) is 1.40. The zero-order chi connectivity index (χ0) is 34.3. The summed E-state index contributed by atoms with van der Waals surface area (Å²) in [5.74, 6) is -0.0110. The summed E-state index contributed by atoms with van der Waals surface area (Å²) >= 11 is 6.60. The van der Waals surface area contributed by atoms with Crippen LogP contribution in [0.3, 0.4) is 0 Å². The molecule has 3 heterocycles. The van der Waals surface area contributed by atoms with E-state index in [1.165, 1.54) is 32.0 Å². The zero-order valence-corrected chi connectivity index (χ0v) is 26.9. The first kappa shape index (κ1) is 34.7. The number of hydrogen-bond donors (Lipinski definition) is 1. The number of nitrogens with one attached hydrogen (secondary N) is 1. The first-order valence-electron chi connectivity index (χ1n) is 15.3. The van der Waals surface area contributed by atoms with Gasteiger partial charge in [0.05, 0.1) is 28.4 Å². The number of halogens is 7.